The van der Waals surface area contributed by atoms with Gasteiger partial charge in [-0.15, -0.1) is 0 Å². The first-order valence-corrected chi connectivity index (χ1v) is 23.1. The van der Waals surface area contributed by atoms with Crippen LogP contribution in [0.4, 0.5) is 0 Å². The number of aliphatic imine (C=N–C) groups is 2. The van der Waals surface area contributed by atoms with Crippen molar-refractivity contribution in [3.8, 4) is 0 Å². The van der Waals surface area contributed by atoms with Gasteiger partial charge in [0.25, 0.3) is 0 Å². The first-order valence-electron chi connectivity index (χ1n) is 22.0. The number of benzene rings is 6. The zero-order valence-corrected chi connectivity index (χ0v) is 36.8. The summed E-state index contributed by atoms with van der Waals surface area (Å²) in [7, 11) is 0. The lowest BCUT2D eigenvalue weighted by atomic mass is 9.72. The van der Waals surface area contributed by atoms with Gasteiger partial charge in [0.05, 0.1) is 35.2 Å². The molecule has 6 saturated heterocycles. The van der Waals surface area contributed by atoms with E-state index in [1.54, 1.807) is 0 Å². The van der Waals surface area contributed by atoms with Crippen molar-refractivity contribution in [3.05, 3.63) is 212 Å². The van der Waals surface area contributed by atoms with Gasteiger partial charge < -0.3 is 0 Å². The number of halogens is 3. The highest BCUT2D eigenvalue weighted by Crippen LogP contribution is 2.42. The molecular weight excluding hydrogens is 811 g/mol. The molecule has 0 N–H and O–H groups in total. The summed E-state index contributed by atoms with van der Waals surface area (Å²) in [5.74, 6) is 1.70. The second-order valence-corrected chi connectivity index (χ2v) is 18.2. The van der Waals surface area contributed by atoms with Crippen molar-refractivity contribution >= 4 is 46.2 Å². The molecule has 6 fully saturated rings. The highest BCUT2D eigenvalue weighted by atomic mass is 35.5. The van der Waals surface area contributed by atoms with Gasteiger partial charge in [-0.3, -0.25) is 19.8 Å². The lowest BCUT2D eigenvalue weighted by Gasteiger charge is -2.49. The molecule has 0 spiro atoms. The molecule has 0 amide bonds. The SMILES string of the molecule is Clc1cccc(CN=C2C3CCN(CC3)C2C(c2ccccc2)c2ccccc2)c1.Clc1cccc(CN=C2C3CCN(CC3)C2C(c2ccccc2)c2ccccc2)c1Cl. The summed E-state index contributed by atoms with van der Waals surface area (Å²) in [5, 5.41) is 2.00. The minimum atomic E-state index is 0.263. The molecule has 6 aliphatic heterocycles. The maximum absolute atomic E-state index is 6.47. The van der Waals surface area contributed by atoms with Crippen molar-refractivity contribution in [2.45, 2.75) is 62.7 Å². The van der Waals surface area contributed by atoms with Gasteiger partial charge in [0, 0.05) is 40.1 Å². The van der Waals surface area contributed by atoms with Crippen molar-refractivity contribution in [2.24, 2.45) is 21.8 Å². The Bertz CT molecular complexity index is 2330. The van der Waals surface area contributed by atoms with E-state index in [0.717, 1.165) is 23.7 Å². The van der Waals surface area contributed by atoms with E-state index in [2.05, 4.69) is 137 Å². The summed E-state index contributed by atoms with van der Waals surface area (Å²) >= 11 is 18.9. The summed E-state index contributed by atoms with van der Waals surface area (Å²) < 4.78 is 0. The van der Waals surface area contributed by atoms with Crippen LogP contribution in [0.5, 0.6) is 0 Å². The number of hydrogen-bond donors (Lipinski definition) is 0. The van der Waals surface area contributed by atoms with E-state index in [9.17, 15) is 0 Å². The van der Waals surface area contributed by atoms with Crippen LogP contribution in [0.25, 0.3) is 0 Å². The topological polar surface area (TPSA) is 31.2 Å². The van der Waals surface area contributed by atoms with Crippen LogP contribution in [-0.4, -0.2) is 59.5 Å². The van der Waals surface area contributed by atoms with Gasteiger partial charge in [-0.2, -0.15) is 0 Å². The Labute approximate surface area is 376 Å². The van der Waals surface area contributed by atoms with Gasteiger partial charge in [-0.25, -0.2) is 0 Å². The van der Waals surface area contributed by atoms with E-state index in [-0.39, 0.29) is 12.0 Å². The van der Waals surface area contributed by atoms with Crippen molar-refractivity contribution < 1.29 is 0 Å². The zero-order chi connectivity index (χ0) is 41.5. The molecular formula is C54H53Cl3N4. The predicted octanol–water partition coefficient (Wildman–Crippen LogP) is 13.1. The van der Waals surface area contributed by atoms with Crippen LogP contribution in [-0.2, 0) is 13.1 Å². The maximum Gasteiger partial charge on any atom is 0.0655 e. The molecule has 0 radical (unpaired) electrons. The average molecular weight is 864 g/mol. The summed E-state index contributed by atoms with van der Waals surface area (Å²) in [4.78, 5) is 15.8. The van der Waals surface area contributed by atoms with Crippen molar-refractivity contribution in [1.29, 1.82) is 0 Å². The summed E-state index contributed by atoms with van der Waals surface area (Å²) in [6.07, 6.45) is 4.83. The van der Waals surface area contributed by atoms with E-state index >= 15 is 0 Å². The fourth-order valence-corrected chi connectivity index (χ4v) is 11.0. The molecule has 0 aromatic heterocycles. The quantitative estimate of drug-likeness (QED) is 0.137. The van der Waals surface area contributed by atoms with Crippen LogP contribution in [0.2, 0.25) is 15.1 Å². The molecule has 6 aromatic carbocycles. The first kappa shape index (κ1) is 41.8. The Hall–Kier alpha value is -4.55. The van der Waals surface area contributed by atoms with Crippen LogP contribution in [0, 0.1) is 11.8 Å². The average Bonchev–Trinajstić information content (AvgIpc) is 3.32. The Kier molecular flexibility index (Phi) is 13.5. The van der Waals surface area contributed by atoms with Gasteiger partial charge in [-0.1, -0.05) is 180 Å². The molecule has 2 unspecified atom stereocenters. The number of hydrogen-bond acceptors (Lipinski definition) is 4. The lowest BCUT2D eigenvalue weighted by Crippen LogP contribution is -2.58. The smallest absolute Gasteiger partial charge is 0.0655 e. The van der Waals surface area contributed by atoms with E-state index < -0.39 is 0 Å². The highest BCUT2D eigenvalue weighted by Gasteiger charge is 2.45. The molecule has 61 heavy (non-hydrogen) atoms. The maximum atomic E-state index is 6.47. The predicted molar refractivity (Wildman–Crippen MR) is 256 cm³/mol. The third-order valence-corrected chi connectivity index (χ3v) is 14.4. The Morgan fingerprint density at radius 1 is 0.459 bits per heavy atom. The van der Waals surface area contributed by atoms with Crippen LogP contribution < -0.4 is 0 Å². The molecule has 6 aliphatic rings. The third kappa shape index (κ3) is 9.45. The minimum Gasteiger partial charge on any atom is -0.294 e. The van der Waals surface area contributed by atoms with Gasteiger partial charge in [-0.05, 0) is 103 Å². The van der Waals surface area contributed by atoms with E-state index in [1.165, 1.54) is 78.0 Å². The highest BCUT2D eigenvalue weighted by molar-refractivity contribution is 6.42. The van der Waals surface area contributed by atoms with Crippen LogP contribution >= 0.6 is 34.8 Å². The van der Waals surface area contributed by atoms with E-state index in [0.29, 0.717) is 46.9 Å². The monoisotopic (exact) mass is 862 g/mol. The Balaban J connectivity index is 0.000000156. The molecule has 6 aromatic rings. The van der Waals surface area contributed by atoms with Crippen LogP contribution in [0.3, 0.4) is 0 Å². The lowest BCUT2D eigenvalue weighted by molar-refractivity contribution is 0.135. The molecule has 4 nitrogen and oxygen atoms in total. The Morgan fingerprint density at radius 3 is 1.30 bits per heavy atom. The third-order valence-electron chi connectivity index (χ3n) is 13.4. The van der Waals surface area contributed by atoms with Crippen LogP contribution in [0.1, 0.15) is 70.9 Å². The number of rotatable bonds is 10. The molecule has 0 aliphatic carbocycles. The first-order chi connectivity index (χ1) is 30.0. The summed E-state index contributed by atoms with van der Waals surface area (Å²) in [6, 6.07) is 58.2. The molecule has 7 heteroatoms. The van der Waals surface area contributed by atoms with E-state index in [1.807, 2.05) is 36.4 Å². The minimum absolute atomic E-state index is 0.263. The molecule has 4 bridgehead atoms. The van der Waals surface area contributed by atoms with Crippen molar-refractivity contribution in [2.75, 3.05) is 26.2 Å². The summed E-state index contributed by atoms with van der Waals surface area (Å²) in [5.41, 5.74) is 10.3. The van der Waals surface area contributed by atoms with Crippen LogP contribution in [0.15, 0.2) is 174 Å². The van der Waals surface area contributed by atoms with Gasteiger partial charge in [0.1, 0.15) is 0 Å². The van der Waals surface area contributed by atoms with Gasteiger partial charge in [0.15, 0.2) is 0 Å². The number of nitrogens with zero attached hydrogens (tertiary/aromatic N) is 4. The second kappa shape index (κ2) is 19.7. The Morgan fingerprint density at radius 2 is 0.869 bits per heavy atom. The fourth-order valence-electron chi connectivity index (χ4n) is 10.4. The molecule has 6 heterocycles. The zero-order valence-electron chi connectivity index (χ0n) is 34.5. The number of fused-ring (bicyclic) bond motifs is 6. The normalized spacial score (nSPS) is 24.3. The van der Waals surface area contributed by atoms with Crippen molar-refractivity contribution in [3.63, 3.8) is 0 Å². The van der Waals surface area contributed by atoms with E-state index in [4.69, 9.17) is 44.8 Å². The molecule has 0 saturated carbocycles. The molecule has 12 rings (SSSR count). The van der Waals surface area contributed by atoms with Gasteiger partial charge >= 0.3 is 0 Å². The molecule has 2 atom stereocenters. The van der Waals surface area contributed by atoms with Crippen molar-refractivity contribution in [1.82, 2.24) is 9.80 Å². The fraction of sp³-hybridized carbons (Fsp3) is 0.296. The standard InChI is InChI=1S/C27H26Cl2N2.C27H27ClN2/c28-23-13-7-12-22(25(23)29)18-30-26-21-14-16-31(17-15-21)27(26)24(19-8-3-1-4-9-19)20-10-5-2-6-11-20;28-24-13-7-8-20(18-24)19-29-26-23-14-16-30(17-15-23)27(26)25(21-9-3-1-4-10-21)22-11-5-2-6-12-22/h1-13,21,24,27H,14-18H2;1-13,18,23,25,27H,14-17,19H2. The van der Waals surface area contributed by atoms with Gasteiger partial charge in [0.2, 0.25) is 0 Å². The number of piperidine rings is 6. The summed E-state index contributed by atoms with van der Waals surface area (Å²) in [6.45, 7) is 5.90. The largest absolute Gasteiger partial charge is 0.294 e. The molecule has 310 valence electrons. The second-order valence-electron chi connectivity index (χ2n) is 16.9.